The number of thioether (sulfide) groups is 2. The summed E-state index contributed by atoms with van der Waals surface area (Å²) in [5, 5.41) is 21.8. The molecule has 0 aliphatic rings. The summed E-state index contributed by atoms with van der Waals surface area (Å²) < 4.78 is 1.63. The fourth-order valence-corrected chi connectivity index (χ4v) is 4.90. The molecule has 3 rings (SSSR count). The summed E-state index contributed by atoms with van der Waals surface area (Å²) in [7, 11) is 0. The first kappa shape index (κ1) is 20.4. The van der Waals surface area contributed by atoms with Crippen LogP contribution in [0.25, 0.3) is 0 Å². The smallest absolute Gasteiger partial charge is 0.250 e. The maximum absolute atomic E-state index is 12.0. The molecule has 6 nitrogen and oxygen atoms in total. The molecule has 1 heterocycles. The first-order valence-electron chi connectivity index (χ1n) is 8.36. The summed E-state index contributed by atoms with van der Waals surface area (Å²) in [6.45, 7) is 1.77. The lowest BCUT2D eigenvalue weighted by Crippen LogP contribution is -2.21. The number of aromatic nitrogens is 2. The number of hydrazone groups is 1. The van der Waals surface area contributed by atoms with Gasteiger partial charge < -0.3 is 5.11 Å². The van der Waals surface area contributed by atoms with Gasteiger partial charge in [0, 0.05) is 11.3 Å². The second kappa shape index (κ2) is 10.3. The van der Waals surface area contributed by atoms with E-state index in [9.17, 15) is 9.90 Å². The third-order valence-electron chi connectivity index (χ3n) is 3.53. The van der Waals surface area contributed by atoms with E-state index in [1.165, 1.54) is 28.7 Å². The van der Waals surface area contributed by atoms with Crippen LogP contribution < -0.4 is 5.43 Å². The Morgan fingerprint density at radius 3 is 2.61 bits per heavy atom. The average Bonchev–Trinajstić information content (AvgIpc) is 3.17. The number of hydrogen-bond acceptors (Lipinski definition) is 8. The maximum Gasteiger partial charge on any atom is 0.250 e. The van der Waals surface area contributed by atoms with Crippen molar-refractivity contribution in [2.24, 2.45) is 5.10 Å². The van der Waals surface area contributed by atoms with Crippen molar-refractivity contribution in [1.82, 2.24) is 15.6 Å². The van der Waals surface area contributed by atoms with E-state index in [4.69, 9.17) is 0 Å². The molecule has 0 spiro atoms. The van der Waals surface area contributed by atoms with Gasteiger partial charge in [0.05, 0.1) is 11.5 Å². The molecule has 1 aromatic heterocycles. The molecule has 0 radical (unpaired) electrons. The number of carbonyl (C=O) groups is 1. The van der Waals surface area contributed by atoms with E-state index in [-0.39, 0.29) is 17.4 Å². The molecule has 0 fully saturated rings. The first-order valence-corrected chi connectivity index (χ1v) is 11.1. The first-order chi connectivity index (χ1) is 13.6. The molecule has 0 saturated heterocycles. The minimum atomic E-state index is -0.224. The van der Waals surface area contributed by atoms with Crippen molar-refractivity contribution < 1.29 is 9.90 Å². The Bertz CT molecular complexity index is 961. The lowest BCUT2D eigenvalue weighted by molar-refractivity contribution is -0.118. The molecule has 0 aliphatic heterocycles. The van der Waals surface area contributed by atoms with Crippen LogP contribution in [0.3, 0.4) is 0 Å². The van der Waals surface area contributed by atoms with Gasteiger partial charge in [-0.1, -0.05) is 77.3 Å². The van der Waals surface area contributed by atoms with Crippen molar-refractivity contribution in [3.8, 4) is 5.75 Å². The fourth-order valence-electron chi connectivity index (χ4n) is 2.13. The predicted molar refractivity (Wildman–Crippen MR) is 115 cm³/mol. The van der Waals surface area contributed by atoms with Crippen LogP contribution in [0.1, 0.15) is 18.1 Å². The summed E-state index contributed by atoms with van der Waals surface area (Å²) in [6, 6.07) is 16.9. The Morgan fingerprint density at radius 2 is 1.86 bits per heavy atom. The summed E-state index contributed by atoms with van der Waals surface area (Å²) in [4.78, 5) is 12.0. The molecule has 0 atom stereocenters. The molecule has 0 aliphatic carbocycles. The van der Waals surface area contributed by atoms with Crippen molar-refractivity contribution in [2.45, 2.75) is 21.4 Å². The molecule has 0 saturated carbocycles. The van der Waals surface area contributed by atoms with Gasteiger partial charge >= 0.3 is 0 Å². The minimum Gasteiger partial charge on any atom is -0.508 e. The third-order valence-corrected chi connectivity index (χ3v) is 6.79. The van der Waals surface area contributed by atoms with E-state index in [1.54, 1.807) is 36.9 Å². The van der Waals surface area contributed by atoms with E-state index in [2.05, 4.69) is 32.9 Å². The SMILES string of the molecule is C/C(=N/NC(=O)CSc1nnc(SCc2ccccc2)s1)c1cccc(O)c1. The van der Waals surface area contributed by atoms with Gasteiger partial charge in [0.1, 0.15) is 5.75 Å². The molecular weight excluding hydrogens is 412 g/mol. The number of carbonyl (C=O) groups excluding carboxylic acids is 1. The van der Waals surface area contributed by atoms with Crippen LogP contribution in [0.5, 0.6) is 5.75 Å². The van der Waals surface area contributed by atoms with Crippen LogP contribution in [-0.4, -0.2) is 32.7 Å². The third kappa shape index (κ3) is 6.36. The molecule has 9 heteroatoms. The van der Waals surface area contributed by atoms with Crippen LogP contribution in [-0.2, 0) is 10.5 Å². The van der Waals surface area contributed by atoms with Crippen LogP contribution in [0.15, 0.2) is 68.4 Å². The Balaban J connectivity index is 1.44. The highest BCUT2D eigenvalue weighted by atomic mass is 32.2. The summed E-state index contributed by atoms with van der Waals surface area (Å²) in [6.07, 6.45) is 0. The molecular formula is C19H18N4O2S3. The zero-order chi connectivity index (χ0) is 19.8. The van der Waals surface area contributed by atoms with Gasteiger partial charge in [-0.3, -0.25) is 4.79 Å². The molecule has 1 amide bonds. The molecule has 0 bridgehead atoms. The Hall–Kier alpha value is -2.36. The second-order valence-electron chi connectivity index (χ2n) is 5.68. The highest BCUT2D eigenvalue weighted by Gasteiger charge is 2.09. The van der Waals surface area contributed by atoms with E-state index < -0.39 is 0 Å². The second-order valence-corrected chi connectivity index (χ2v) is 9.10. The molecule has 28 heavy (non-hydrogen) atoms. The van der Waals surface area contributed by atoms with Crippen molar-refractivity contribution in [3.05, 3.63) is 65.7 Å². The van der Waals surface area contributed by atoms with E-state index in [0.29, 0.717) is 5.71 Å². The van der Waals surface area contributed by atoms with Crippen LogP contribution in [0.4, 0.5) is 0 Å². The number of phenols is 1. The van der Waals surface area contributed by atoms with Crippen molar-refractivity contribution in [3.63, 3.8) is 0 Å². The number of amides is 1. The lowest BCUT2D eigenvalue weighted by Gasteiger charge is -2.02. The Labute approximate surface area is 175 Å². The summed E-state index contributed by atoms with van der Waals surface area (Å²) in [5.74, 6) is 0.975. The van der Waals surface area contributed by atoms with Gasteiger partial charge in [-0.25, -0.2) is 5.43 Å². The number of rotatable bonds is 8. The number of phenolic OH excluding ortho intramolecular Hbond substituents is 1. The highest BCUT2D eigenvalue weighted by Crippen LogP contribution is 2.30. The monoisotopic (exact) mass is 430 g/mol. The topological polar surface area (TPSA) is 87.5 Å². The predicted octanol–water partition coefficient (Wildman–Crippen LogP) is 4.17. The average molecular weight is 431 g/mol. The Morgan fingerprint density at radius 1 is 1.11 bits per heavy atom. The normalized spacial score (nSPS) is 11.4. The van der Waals surface area contributed by atoms with Gasteiger partial charge in [-0.05, 0) is 24.6 Å². The summed E-state index contributed by atoms with van der Waals surface area (Å²) in [5.41, 5.74) is 5.12. The van der Waals surface area contributed by atoms with Crippen LogP contribution in [0.2, 0.25) is 0 Å². The van der Waals surface area contributed by atoms with E-state index in [1.807, 2.05) is 24.3 Å². The van der Waals surface area contributed by atoms with Gasteiger partial charge in [0.25, 0.3) is 5.91 Å². The van der Waals surface area contributed by atoms with Gasteiger partial charge in [0.15, 0.2) is 8.68 Å². The molecule has 0 unspecified atom stereocenters. The zero-order valence-electron chi connectivity index (χ0n) is 15.0. The van der Waals surface area contributed by atoms with E-state index >= 15 is 0 Å². The quantitative estimate of drug-likeness (QED) is 0.317. The molecule has 144 valence electrons. The largest absolute Gasteiger partial charge is 0.508 e. The number of benzene rings is 2. The number of aromatic hydroxyl groups is 1. The van der Waals surface area contributed by atoms with Crippen LogP contribution in [0, 0.1) is 0 Å². The van der Waals surface area contributed by atoms with Gasteiger partial charge in [-0.15, -0.1) is 10.2 Å². The van der Waals surface area contributed by atoms with Gasteiger partial charge in [0.2, 0.25) is 0 Å². The number of nitrogens with one attached hydrogen (secondary N) is 1. The van der Waals surface area contributed by atoms with Crippen molar-refractivity contribution in [2.75, 3.05) is 5.75 Å². The van der Waals surface area contributed by atoms with Crippen molar-refractivity contribution >= 4 is 46.5 Å². The summed E-state index contributed by atoms with van der Waals surface area (Å²) >= 11 is 4.44. The van der Waals surface area contributed by atoms with Gasteiger partial charge in [-0.2, -0.15) is 5.10 Å². The number of nitrogens with zero attached hydrogens (tertiary/aromatic N) is 3. The molecule has 2 aromatic carbocycles. The lowest BCUT2D eigenvalue weighted by atomic mass is 10.1. The fraction of sp³-hybridized carbons (Fsp3) is 0.158. The van der Waals surface area contributed by atoms with Crippen molar-refractivity contribution in [1.29, 1.82) is 0 Å². The van der Waals surface area contributed by atoms with E-state index in [0.717, 1.165) is 20.0 Å². The highest BCUT2D eigenvalue weighted by molar-refractivity contribution is 8.03. The molecule has 2 N–H and O–H groups in total. The molecule has 3 aromatic rings. The zero-order valence-corrected chi connectivity index (χ0v) is 17.5. The standard InChI is InChI=1S/C19H18N4O2S3/c1-13(15-8-5-9-16(24)10-15)20-21-17(25)12-27-19-23-22-18(28-19)26-11-14-6-3-2-4-7-14/h2-10,24H,11-12H2,1H3,(H,21,25)/b20-13-. The Kier molecular flexibility index (Phi) is 7.46. The number of hydrogen-bond donors (Lipinski definition) is 2. The van der Waals surface area contributed by atoms with Crippen LogP contribution >= 0.6 is 34.9 Å². The maximum atomic E-state index is 12.0. The minimum absolute atomic E-state index is 0.158.